The van der Waals surface area contributed by atoms with Crippen molar-refractivity contribution in [2.24, 2.45) is 0 Å². The monoisotopic (exact) mass is 718 g/mol. The van der Waals surface area contributed by atoms with E-state index in [0.717, 1.165) is 8.95 Å². The Kier molecular flexibility index (Phi) is 7.48. The molecule has 232 valence electrons. The third kappa shape index (κ3) is 4.77. The number of fused-ring (bicyclic) bond motifs is 14. The van der Waals surface area contributed by atoms with Crippen molar-refractivity contribution < 1.29 is 0 Å². The number of benzene rings is 2. The molecule has 2 aromatic carbocycles. The molecule has 0 bridgehead atoms. The summed E-state index contributed by atoms with van der Waals surface area (Å²) >= 11 is 7.21. The van der Waals surface area contributed by atoms with Crippen LogP contribution in [0, 0.1) is 0 Å². The van der Waals surface area contributed by atoms with Gasteiger partial charge in [0.2, 0.25) is 0 Å². The summed E-state index contributed by atoms with van der Waals surface area (Å²) in [7, 11) is 0. The normalized spacial score (nSPS) is 29.1. The van der Waals surface area contributed by atoms with E-state index < -0.39 is 0 Å². The second kappa shape index (κ2) is 11.5. The Hall–Kier alpha value is -1.68. The lowest BCUT2D eigenvalue weighted by molar-refractivity contribution is -0.0600. The molecule has 0 spiro atoms. The zero-order chi connectivity index (χ0) is 29.4. The van der Waals surface area contributed by atoms with Gasteiger partial charge in [-0.3, -0.25) is 19.6 Å². The van der Waals surface area contributed by atoms with Crippen molar-refractivity contribution in [3.8, 4) is 0 Å². The third-order valence-corrected chi connectivity index (χ3v) is 12.8. The van der Waals surface area contributed by atoms with Crippen LogP contribution >= 0.6 is 31.9 Å². The van der Waals surface area contributed by atoms with E-state index in [2.05, 4.69) is 97.8 Å². The minimum atomic E-state index is 0.606. The second-order valence-electron chi connectivity index (χ2n) is 14.0. The van der Waals surface area contributed by atoms with Crippen LogP contribution in [0.2, 0.25) is 0 Å². The van der Waals surface area contributed by atoms with Gasteiger partial charge in [-0.2, -0.15) is 0 Å². The van der Waals surface area contributed by atoms with E-state index in [9.17, 15) is 0 Å². The largest absolute Gasteiger partial charge is 0.357 e. The van der Waals surface area contributed by atoms with Gasteiger partial charge in [-0.25, -0.2) is 0 Å². The first-order chi connectivity index (χ1) is 21.6. The van der Waals surface area contributed by atoms with E-state index >= 15 is 0 Å². The number of nitrogens with one attached hydrogen (secondary N) is 2. The Balaban J connectivity index is 0.000000123. The Morgan fingerprint density at radius 3 is 1.50 bits per heavy atom. The van der Waals surface area contributed by atoms with Gasteiger partial charge in [-0.1, -0.05) is 44.0 Å². The number of rotatable bonds is 0. The van der Waals surface area contributed by atoms with Crippen LogP contribution in [0.4, 0.5) is 0 Å². The lowest BCUT2D eigenvalue weighted by Gasteiger charge is -2.52. The molecule has 4 saturated heterocycles. The van der Waals surface area contributed by atoms with E-state index in [4.69, 9.17) is 0 Å². The van der Waals surface area contributed by atoms with Crippen LogP contribution in [0.3, 0.4) is 0 Å². The minimum absolute atomic E-state index is 0.606. The van der Waals surface area contributed by atoms with Gasteiger partial charge in [-0.05, 0) is 113 Å². The molecule has 2 N–H and O–H groups in total. The van der Waals surface area contributed by atoms with E-state index in [0.29, 0.717) is 24.4 Å². The molecule has 0 amide bonds. The molecule has 8 heterocycles. The fourth-order valence-corrected chi connectivity index (χ4v) is 10.6. The quantitative estimate of drug-likeness (QED) is 0.193. The number of nitrogens with zero attached hydrogens (tertiary/aromatic N) is 4. The molecule has 4 aromatic rings. The second-order valence-corrected chi connectivity index (χ2v) is 15.9. The number of piperidine rings is 2. The van der Waals surface area contributed by atoms with Crippen LogP contribution < -0.4 is 0 Å². The molecular weight excluding hydrogens is 676 g/mol. The molecule has 44 heavy (non-hydrogen) atoms. The van der Waals surface area contributed by atoms with E-state index in [1.54, 1.807) is 11.1 Å². The number of halogens is 2. The van der Waals surface area contributed by atoms with Gasteiger partial charge in [0.05, 0.1) is 24.4 Å². The number of aromatic amines is 2. The standard InChI is InChI=1S/2C18H22BrN3/c2*19-12-4-5-13-14-6-10-22-16(18(14)20-15(13)11-12)7-9-21-8-2-1-3-17(21)22/h2*4-5,11,16-17,20H,1-3,6-10H2/t2*16-,17-/m10/s1. The molecule has 8 heteroatoms. The number of aromatic nitrogens is 2. The fourth-order valence-electron chi connectivity index (χ4n) is 9.86. The van der Waals surface area contributed by atoms with Crippen LogP contribution in [0.25, 0.3) is 21.8 Å². The smallest absolute Gasteiger partial charge is 0.0628 e. The van der Waals surface area contributed by atoms with Crippen molar-refractivity contribution in [3.05, 3.63) is 67.9 Å². The van der Waals surface area contributed by atoms with Gasteiger partial charge >= 0.3 is 0 Å². The summed E-state index contributed by atoms with van der Waals surface area (Å²) in [5, 5.41) is 2.87. The van der Waals surface area contributed by atoms with Crippen molar-refractivity contribution in [2.75, 3.05) is 39.3 Å². The molecule has 0 radical (unpaired) electrons. The number of hydrogen-bond acceptors (Lipinski definition) is 4. The van der Waals surface area contributed by atoms with Crippen LogP contribution in [0.1, 0.15) is 86.0 Å². The highest BCUT2D eigenvalue weighted by Crippen LogP contribution is 2.44. The maximum Gasteiger partial charge on any atom is 0.0628 e. The Bertz CT molecular complexity index is 1570. The van der Waals surface area contributed by atoms with Gasteiger partial charge in [0.1, 0.15) is 0 Å². The molecule has 0 saturated carbocycles. The molecule has 4 atom stereocenters. The molecule has 0 unspecified atom stereocenters. The average Bonchev–Trinajstić information content (AvgIpc) is 3.62. The molecule has 10 rings (SSSR count). The number of hydrogen-bond donors (Lipinski definition) is 2. The molecule has 4 fully saturated rings. The third-order valence-electron chi connectivity index (χ3n) is 11.8. The molecule has 2 aromatic heterocycles. The Morgan fingerprint density at radius 1 is 0.545 bits per heavy atom. The lowest BCUT2D eigenvalue weighted by Crippen LogP contribution is -2.58. The maximum atomic E-state index is 3.76. The van der Waals surface area contributed by atoms with Crippen LogP contribution in [-0.4, -0.2) is 81.2 Å². The van der Waals surface area contributed by atoms with Crippen molar-refractivity contribution in [2.45, 2.75) is 88.6 Å². The predicted molar refractivity (Wildman–Crippen MR) is 186 cm³/mol. The summed E-state index contributed by atoms with van der Waals surface area (Å²) in [5.41, 5.74) is 8.76. The van der Waals surface area contributed by atoms with Gasteiger partial charge in [0.15, 0.2) is 0 Å². The van der Waals surface area contributed by atoms with Gasteiger partial charge in [0, 0.05) is 68.3 Å². The summed E-state index contributed by atoms with van der Waals surface area (Å²) < 4.78 is 2.33. The average molecular weight is 721 g/mol. The SMILES string of the molecule is Brc1ccc2c3c([nH]c2c1)[C@@H]1CCN2CCCC[C@@H]2N1CC3.Brc1ccc2c3c([nH]c2c1)[C@H]1CCN2CCCC[C@H]2N1CC3. The van der Waals surface area contributed by atoms with Gasteiger partial charge in [-0.15, -0.1) is 0 Å². The first-order valence-electron chi connectivity index (χ1n) is 17.2. The van der Waals surface area contributed by atoms with E-state index in [1.807, 2.05) is 0 Å². The lowest BCUT2D eigenvalue weighted by atomic mass is 9.90. The van der Waals surface area contributed by atoms with Crippen molar-refractivity contribution >= 4 is 53.7 Å². The van der Waals surface area contributed by atoms with Crippen LogP contribution in [-0.2, 0) is 12.8 Å². The predicted octanol–water partition coefficient (Wildman–Crippen LogP) is 8.09. The maximum absolute atomic E-state index is 3.76. The van der Waals surface area contributed by atoms with Crippen molar-refractivity contribution in [3.63, 3.8) is 0 Å². The number of H-pyrrole nitrogens is 2. The van der Waals surface area contributed by atoms with E-state index in [1.165, 1.54) is 137 Å². The highest BCUT2D eigenvalue weighted by atomic mass is 79.9. The van der Waals surface area contributed by atoms with Gasteiger partial charge < -0.3 is 9.97 Å². The molecular formula is C36H44Br2N6. The fraction of sp³-hybridized carbons (Fsp3) is 0.556. The van der Waals surface area contributed by atoms with Crippen LogP contribution in [0.5, 0.6) is 0 Å². The Morgan fingerprint density at radius 2 is 1.02 bits per heavy atom. The highest BCUT2D eigenvalue weighted by Gasteiger charge is 2.42. The topological polar surface area (TPSA) is 44.5 Å². The van der Waals surface area contributed by atoms with E-state index in [-0.39, 0.29) is 0 Å². The molecule has 6 aliphatic heterocycles. The molecule has 0 aliphatic carbocycles. The minimum Gasteiger partial charge on any atom is -0.357 e. The summed E-state index contributed by atoms with van der Waals surface area (Å²) in [6, 6.07) is 14.6. The van der Waals surface area contributed by atoms with Gasteiger partial charge in [0.25, 0.3) is 0 Å². The first kappa shape index (κ1) is 28.5. The first-order valence-corrected chi connectivity index (χ1v) is 18.8. The molecule has 6 nitrogen and oxygen atoms in total. The summed E-state index contributed by atoms with van der Waals surface area (Å²) in [5.74, 6) is 0. The van der Waals surface area contributed by atoms with Crippen molar-refractivity contribution in [1.29, 1.82) is 0 Å². The zero-order valence-corrected chi connectivity index (χ0v) is 28.8. The summed E-state index contributed by atoms with van der Waals surface area (Å²) in [6.07, 6.45) is 14.6. The summed E-state index contributed by atoms with van der Waals surface area (Å²) in [4.78, 5) is 18.5. The van der Waals surface area contributed by atoms with Crippen LogP contribution in [0.15, 0.2) is 45.3 Å². The highest BCUT2D eigenvalue weighted by molar-refractivity contribution is 9.10. The molecule has 6 aliphatic rings. The van der Waals surface area contributed by atoms with Crippen molar-refractivity contribution in [1.82, 2.24) is 29.6 Å². The Labute approximate surface area is 277 Å². The zero-order valence-electron chi connectivity index (χ0n) is 25.6. The summed E-state index contributed by atoms with van der Waals surface area (Å²) in [6.45, 7) is 7.60.